The van der Waals surface area contributed by atoms with Gasteiger partial charge in [0.2, 0.25) is 0 Å². The van der Waals surface area contributed by atoms with Gasteiger partial charge >= 0.3 is 0 Å². The van der Waals surface area contributed by atoms with Gasteiger partial charge in [-0.1, -0.05) is 0 Å². The molecule has 20 heavy (non-hydrogen) atoms. The van der Waals surface area contributed by atoms with Crippen LogP contribution in [0.5, 0.6) is 5.75 Å². The van der Waals surface area contributed by atoms with Crippen LogP contribution < -0.4 is 10.5 Å². The topological polar surface area (TPSA) is 61.0 Å². The summed E-state index contributed by atoms with van der Waals surface area (Å²) in [4.78, 5) is 8.53. The van der Waals surface area contributed by atoms with E-state index in [2.05, 4.69) is 9.97 Å². The van der Waals surface area contributed by atoms with Gasteiger partial charge in [-0.25, -0.2) is 4.39 Å². The Bertz CT molecular complexity index is 789. The molecule has 0 amide bonds. The maximum Gasteiger partial charge on any atom is 0.168 e. The molecule has 0 fully saturated rings. The lowest BCUT2D eigenvalue weighted by Gasteiger charge is -2.10. The minimum absolute atomic E-state index is 0.308. The second-order valence-corrected chi connectivity index (χ2v) is 4.34. The van der Waals surface area contributed by atoms with Crippen molar-refractivity contribution >= 4 is 16.6 Å². The smallest absolute Gasteiger partial charge is 0.168 e. The largest absolute Gasteiger partial charge is 0.492 e. The van der Waals surface area contributed by atoms with Gasteiger partial charge in [-0.15, -0.1) is 0 Å². The van der Waals surface area contributed by atoms with Crippen LogP contribution in [0.1, 0.15) is 0 Å². The van der Waals surface area contributed by atoms with Gasteiger partial charge in [0, 0.05) is 29.4 Å². The van der Waals surface area contributed by atoms with Gasteiger partial charge in [-0.3, -0.25) is 9.97 Å². The van der Waals surface area contributed by atoms with Gasteiger partial charge < -0.3 is 10.5 Å². The van der Waals surface area contributed by atoms with Crippen molar-refractivity contribution < 1.29 is 9.13 Å². The third-order valence-corrected chi connectivity index (χ3v) is 3.06. The van der Waals surface area contributed by atoms with Crippen molar-refractivity contribution in [2.75, 3.05) is 12.8 Å². The number of benzene rings is 1. The molecule has 0 bridgehead atoms. The minimum Gasteiger partial charge on any atom is -0.492 e. The number of hydrogen-bond donors (Lipinski definition) is 1. The highest BCUT2D eigenvalue weighted by Gasteiger charge is 2.11. The van der Waals surface area contributed by atoms with E-state index in [4.69, 9.17) is 10.5 Å². The molecule has 0 aliphatic carbocycles. The zero-order chi connectivity index (χ0) is 14.1. The van der Waals surface area contributed by atoms with Gasteiger partial charge in [0.15, 0.2) is 5.75 Å². The fraction of sp³-hybridized carbons (Fsp3) is 0.0667. The fourth-order valence-electron chi connectivity index (χ4n) is 2.11. The molecule has 0 saturated heterocycles. The number of hydrogen-bond acceptors (Lipinski definition) is 4. The van der Waals surface area contributed by atoms with E-state index in [1.807, 2.05) is 6.07 Å². The summed E-state index contributed by atoms with van der Waals surface area (Å²) in [6, 6.07) is 8.03. The number of rotatable bonds is 2. The Morgan fingerprint density at radius 2 is 2.00 bits per heavy atom. The molecule has 0 atom stereocenters. The molecule has 1 aromatic carbocycles. The summed E-state index contributed by atoms with van der Waals surface area (Å²) < 4.78 is 18.4. The number of anilines is 1. The normalized spacial score (nSPS) is 10.7. The number of nitrogens with zero attached hydrogens (tertiary/aromatic N) is 2. The second-order valence-electron chi connectivity index (χ2n) is 4.34. The van der Waals surface area contributed by atoms with Crippen LogP contribution >= 0.6 is 0 Å². The van der Waals surface area contributed by atoms with Crippen molar-refractivity contribution in [2.45, 2.75) is 0 Å². The van der Waals surface area contributed by atoms with Crippen LogP contribution in [0, 0.1) is 5.82 Å². The Morgan fingerprint density at radius 1 is 1.15 bits per heavy atom. The predicted molar refractivity (Wildman–Crippen MR) is 75.9 cm³/mol. The quantitative estimate of drug-likeness (QED) is 0.776. The van der Waals surface area contributed by atoms with Crippen molar-refractivity contribution in [3.63, 3.8) is 0 Å². The van der Waals surface area contributed by atoms with Crippen LogP contribution in [-0.4, -0.2) is 17.1 Å². The molecule has 0 unspecified atom stereocenters. The third-order valence-electron chi connectivity index (χ3n) is 3.06. The third kappa shape index (κ3) is 2.03. The van der Waals surface area contributed by atoms with E-state index in [0.717, 1.165) is 10.9 Å². The molecule has 2 aromatic heterocycles. The van der Waals surface area contributed by atoms with Gasteiger partial charge in [-0.2, -0.15) is 0 Å². The number of ether oxygens (including phenoxy) is 1. The summed E-state index contributed by atoms with van der Waals surface area (Å²) >= 11 is 0. The number of halogens is 1. The Kier molecular flexibility index (Phi) is 2.95. The highest BCUT2D eigenvalue weighted by atomic mass is 19.1. The van der Waals surface area contributed by atoms with Crippen LogP contribution in [0.2, 0.25) is 0 Å². The molecule has 3 rings (SSSR count). The highest BCUT2D eigenvalue weighted by Crippen LogP contribution is 2.33. The molecule has 0 radical (unpaired) electrons. The first-order chi connectivity index (χ1) is 9.69. The standard InChI is InChI=1S/C15H12FN3O/c1-20-15-12(17)4-5-18-14(15)10-6-9-2-3-11(16)7-13(9)19-8-10/h2-8H,1H3,(H2,17,18). The van der Waals surface area contributed by atoms with Crippen LogP contribution in [-0.2, 0) is 0 Å². The Balaban J connectivity index is 2.20. The molecule has 5 heteroatoms. The minimum atomic E-state index is -0.308. The zero-order valence-corrected chi connectivity index (χ0v) is 10.8. The molecule has 100 valence electrons. The summed E-state index contributed by atoms with van der Waals surface area (Å²) in [7, 11) is 1.54. The van der Waals surface area contributed by atoms with E-state index in [0.29, 0.717) is 22.6 Å². The van der Waals surface area contributed by atoms with Crippen molar-refractivity contribution in [1.82, 2.24) is 9.97 Å². The van der Waals surface area contributed by atoms with E-state index in [1.165, 1.54) is 12.1 Å². The molecule has 0 aliphatic heterocycles. The predicted octanol–water partition coefficient (Wildman–Crippen LogP) is 3.03. The van der Waals surface area contributed by atoms with Gasteiger partial charge in [0.05, 0.1) is 18.3 Å². The molecule has 3 aromatic rings. The lowest BCUT2D eigenvalue weighted by molar-refractivity contribution is 0.417. The van der Waals surface area contributed by atoms with Crippen LogP contribution in [0.25, 0.3) is 22.2 Å². The van der Waals surface area contributed by atoms with Crippen molar-refractivity contribution in [3.8, 4) is 17.0 Å². The molecule has 0 aliphatic rings. The first-order valence-electron chi connectivity index (χ1n) is 6.03. The summed E-state index contributed by atoms with van der Waals surface area (Å²) in [5, 5.41) is 0.829. The zero-order valence-electron chi connectivity index (χ0n) is 10.8. The van der Waals surface area contributed by atoms with Crippen LogP contribution in [0.15, 0.2) is 42.7 Å². The van der Waals surface area contributed by atoms with Crippen LogP contribution in [0.4, 0.5) is 10.1 Å². The summed E-state index contributed by atoms with van der Waals surface area (Å²) in [6.45, 7) is 0. The molecule has 2 heterocycles. The Labute approximate surface area is 115 Å². The average Bonchev–Trinajstić information content (AvgIpc) is 2.46. The first-order valence-corrected chi connectivity index (χ1v) is 6.03. The Hall–Kier alpha value is -2.69. The van der Waals surface area contributed by atoms with E-state index in [1.54, 1.807) is 31.6 Å². The molecular formula is C15H12FN3O. The monoisotopic (exact) mass is 269 g/mol. The SMILES string of the molecule is COc1c(N)ccnc1-c1cnc2cc(F)ccc2c1. The van der Waals surface area contributed by atoms with Crippen molar-refractivity contribution in [3.05, 3.63) is 48.5 Å². The van der Waals surface area contributed by atoms with Crippen molar-refractivity contribution in [2.24, 2.45) is 0 Å². The Morgan fingerprint density at radius 3 is 2.80 bits per heavy atom. The van der Waals surface area contributed by atoms with Crippen LogP contribution in [0.3, 0.4) is 0 Å². The number of methoxy groups -OCH3 is 1. The number of nitrogens with two attached hydrogens (primary N) is 1. The van der Waals surface area contributed by atoms with E-state index < -0.39 is 0 Å². The molecule has 4 nitrogen and oxygen atoms in total. The number of fused-ring (bicyclic) bond motifs is 1. The fourth-order valence-corrected chi connectivity index (χ4v) is 2.11. The van der Waals surface area contributed by atoms with E-state index >= 15 is 0 Å². The molecular weight excluding hydrogens is 257 g/mol. The molecule has 0 spiro atoms. The number of nitrogen functional groups attached to an aromatic ring is 1. The lowest BCUT2D eigenvalue weighted by atomic mass is 10.1. The van der Waals surface area contributed by atoms with E-state index in [9.17, 15) is 4.39 Å². The highest BCUT2D eigenvalue weighted by molar-refractivity contribution is 5.85. The van der Waals surface area contributed by atoms with E-state index in [-0.39, 0.29) is 5.82 Å². The summed E-state index contributed by atoms with van der Waals surface area (Å²) in [5.74, 6) is 0.202. The second kappa shape index (κ2) is 4.77. The number of pyridine rings is 2. The summed E-state index contributed by atoms with van der Waals surface area (Å²) in [5.41, 5.74) is 8.36. The first kappa shape index (κ1) is 12.3. The summed E-state index contributed by atoms with van der Waals surface area (Å²) in [6.07, 6.45) is 3.24. The number of aromatic nitrogens is 2. The van der Waals surface area contributed by atoms with Crippen molar-refractivity contribution in [1.29, 1.82) is 0 Å². The lowest BCUT2D eigenvalue weighted by Crippen LogP contribution is -1.97. The molecule has 0 saturated carbocycles. The van der Waals surface area contributed by atoms with Gasteiger partial charge in [-0.05, 0) is 24.3 Å². The van der Waals surface area contributed by atoms with Gasteiger partial charge in [0.1, 0.15) is 11.5 Å². The average molecular weight is 269 g/mol. The maximum absolute atomic E-state index is 13.1. The molecule has 2 N–H and O–H groups in total. The van der Waals surface area contributed by atoms with Gasteiger partial charge in [0.25, 0.3) is 0 Å². The maximum atomic E-state index is 13.1.